The van der Waals surface area contributed by atoms with E-state index in [1.165, 1.54) is 22.8 Å². The third kappa shape index (κ3) is 6.32. The molecule has 0 bridgehead atoms. The summed E-state index contributed by atoms with van der Waals surface area (Å²) in [5.74, 6) is 0. The molecule has 4 aromatic rings. The van der Waals surface area contributed by atoms with Crippen LogP contribution in [0.15, 0.2) is 88.5 Å². The summed E-state index contributed by atoms with van der Waals surface area (Å²) in [4.78, 5) is 39.9. The molecule has 1 N–H and O–H groups in total. The highest BCUT2D eigenvalue weighted by atomic mass is 16.6. The van der Waals surface area contributed by atoms with E-state index in [9.17, 15) is 19.7 Å². The highest BCUT2D eigenvalue weighted by Crippen LogP contribution is 2.30. The quantitative estimate of drug-likeness (QED) is 0.182. The number of hydrogen-bond donors (Lipinski definition) is 1. The second-order valence-corrected chi connectivity index (χ2v) is 9.96. The summed E-state index contributed by atoms with van der Waals surface area (Å²) in [5.41, 5.74) is 1.45. The molecule has 1 aromatic heterocycles. The fourth-order valence-corrected chi connectivity index (χ4v) is 5.29. The van der Waals surface area contributed by atoms with Crippen molar-refractivity contribution in [3.05, 3.63) is 121 Å². The van der Waals surface area contributed by atoms with Crippen LogP contribution in [0.4, 0.5) is 5.69 Å². The van der Waals surface area contributed by atoms with Crippen molar-refractivity contribution >= 4 is 16.6 Å². The van der Waals surface area contributed by atoms with Crippen LogP contribution in [-0.2, 0) is 11.3 Å². The van der Waals surface area contributed by atoms with E-state index >= 15 is 0 Å². The monoisotopic (exact) mass is 528 g/mol. The third-order valence-electron chi connectivity index (χ3n) is 7.37. The minimum atomic E-state index is -0.609. The first-order valence-corrected chi connectivity index (χ1v) is 13.4. The molecular formula is C30H32N4O5. The minimum absolute atomic E-state index is 0.0872. The number of unbranched alkanes of at least 4 members (excludes halogenated alkanes) is 1. The number of benzene rings is 3. The molecule has 1 aliphatic heterocycles. The van der Waals surface area contributed by atoms with Crippen LogP contribution in [0.3, 0.4) is 0 Å². The smallest absolute Gasteiger partial charge is 0.328 e. The fourth-order valence-electron chi connectivity index (χ4n) is 5.29. The van der Waals surface area contributed by atoms with E-state index in [4.69, 9.17) is 4.74 Å². The molecule has 0 atom stereocenters. The number of nitrogens with zero attached hydrogens (tertiary/aromatic N) is 3. The maximum Gasteiger partial charge on any atom is 0.328 e. The Balaban J connectivity index is 1.14. The van der Waals surface area contributed by atoms with Gasteiger partial charge in [0.1, 0.15) is 6.10 Å². The summed E-state index contributed by atoms with van der Waals surface area (Å²) in [6, 6.07) is 24.7. The molecule has 5 rings (SSSR count). The van der Waals surface area contributed by atoms with E-state index in [1.54, 1.807) is 0 Å². The van der Waals surface area contributed by atoms with Gasteiger partial charge in [-0.1, -0.05) is 60.7 Å². The van der Waals surface area contributed by atoms with Crippen LogP contribution < -0.4 is 11.2 Å². The van der Waals surface area contributed by atoms with Crippen LogP contribution >= 0.6 is 0 Å². The van der Waals surface area contributed by atoms with Gasteiger partial charge >= 0.3 is 5.69 Å². The average molecular weight is 529 g/mol. The molecule has 0 saturated carbocycles. The summed E-state index contributed by atoms with van der Waals surface area (Å²) in [5, 5.41) is 11.2. The summed E-state index contributed by atoms with van der Waals surface area (Å²) in [7, 11) is 0. The lowest BCUT2D eigenvalue weighted by atomic mass is 10.00. The highest BCUT2D eigenvalue weighted by molar-refractivity contribution is 5.80. The zero-order chi connectivity index (χ0) is 27.2. The number of nitro groups is 1. The number of aromatic nitrogens is 2. The molecule has 2 heterocycles. The van der Waals surface area contributed by atoms with Crippen LogP contribution in [0.5, 0.6) is 0 Å². The van der Waals surface area contributed by atoms with E-state index in [1.807, 2.05) is 36.4 Å². The summed E-state index contributed by atoms with van der Waals surface area (Å²) >= 11 is 0. The second-order valence-electron chi connectivity index (χ2n) is 9.96. The Bertz CT molecular complexity index is 1490. The Labute approximate surface area is 225 Å². The number of likely N-dealkylation sites (tertiary alicyclic amines) is 1. The van der Waals surface area contributed by atoms with Gasteiger partial charge in [-0.25, -0.2) is 4.79 Å². The number of non-ortho nitro benzene ring substituents is 1. The van der Waals surface area contributed by atoms with Gasteiger partial charge in [0.2, 0.25) is 0 Å². The maximum absolute atomic E-state index is 12.4. The first-order chi connectivity index (χ1) is 19.0. The normalized spacial score (nSPS) is 14.7. The van der Waals surface area contributed by atoms with E-state index in [0.29, 0.717) is 12.1 Å². The highest BCUT2D eigenvalue weighted by Gasteiger charge is 2.24. The van der Waals surface area contributed by atoms with Gasteiger partial charge in [0.05, 0.1) is 21.9 Å². The Kier molecular flexibility index (Phi) is 8.29. The number of fused-ring (bicyclic) bond motifs is 1. The maximum atomic E-state index is 12.4. The number of piperidine rings is 1. The number of H-pyrrole nitrogens is 1. The largest absolute Gasteiger partial charge is 0.365 e. The van der Waals surface area contributed by atoms with Crippen molar-refractivity contribution in [2.45, 2.75) is 44.4 Å². The molecule has 0 unspecified atom stereocenters. The molecule has 1 aliphatic rings. The lowest BCUT2D eigenvalue weighted by molar-refractivity contribution is -0.384. The van der Waals surface area contributed by atoms with Crippen molar-refractivity contribution in [1.29, 1.82) is 0 Å². The fraction of sp³-hybridized carbons (Fsp3) is 0.333. The number of rotatable bonds is 10. The Morgan fingerprint density at radius 2 is 1.51 bits per heavy atom. The van der Waals surface area contributed by atoms with Gasteiger partial charge in [0, 0.05) is 31.8 Å². The second kappa shape index (κ2) is 12.2. The topological polar surface area (TPSA) is 110 Å². The predicted octanol–water partition coefficient (Wildman–Crippen LogP) is 4.65. The molecule has 1 fully saturated rings. The summed E-state index contributed by atoms with van der Waals surface area (Å²) in [6.07, 6.45) is 3.65. The average Bonchev–Trinajstić information content (AvgIpc) is 2.96. The number of nitrogens with one attached hydrogen (secondary N) is 1. The van der Waals surface area contributed by atoms with E-state index in [2.05, 4.69) is 34.1 Å². The van der Waals surface area contributed by atoms with Gasteiger partial charge in [-0.05, 0) is 49.4 Å². The predicted molar refractivity (Wildman–Crippen MR) is 150 cm³/mol. The van der Waals surface area contributed by atoms with Crippen molar-refractivity contribution in [1.82, 2.24) is 14.5 Å². The molecule has 1 saturated heterocycles. The minimum Gasteiger partial charge on any atom is -0.365 e. The van der Waals surface area contributed by atoms with Crippen molar-refractivity contribution in [2.75, 3.05) is 19.6 Å². The van der Waals surface area contributed by atoms with Gasteiger partial charge < -0.3 is 9.64 Å². The molecule has 0 spiro atoms. The molecule has 202 valence electrons. The van der Waals surface area contributed by atoms with Crippen LogP contribution in [-0.4, -0.2) is 45.1 Å². The standard InChI is InChI=1S/C30H32N4O5/c35-29-26-21-24(34(37)38)13-14-27(26)33(30(36)31-29)18-8-7-17-32-19-15-25(16-20-32)39-28(22-9-3-1-4-10-22)23-11-5-2-6-12-23/h1-6,9-14,21,25,28H,7-8,15-20H2,(H,31,35,36). The van der Waals surface area contributed by atoms with Gasteiger partial charge in [0.15, 0.2) is 0 Å². The molecule has 9 nitrogen and oxygen atoms in total. The van der Waals surface area contributed by atoms with Crippen molar-refractivity contribution in [2.24, 2.45) is 0 Å². The van der Waals surface area contributed by atoms with Crippen LogP contribution in [0.25, 0.3) is 10.9 Å². The first-order valence-electron chi connectivity index (χ1n) is 13.4. The zero-order valence-electron chi connectivity index (χ0n) is 21.7. The summed E-state index contributed by atoms with van der Waals surface area (Å²) in [6.45, 7) is 3.24. The number of ether oxygens (including phenoxy) is 1. The van der Waals surface area contributed by atoms with Crippen LogP contribution in [0, 0.1) is 10.1 Å². The molecule has 0 radical (unpaired) electrons. The van der Waals surface area contributed by atoms with Crippen molar-refractivity contribution in [3.8, 4) is 0 Å². The van der Waals surface area contributed by atoms with Gasteiger partial charge in [-0.2, -0.15) is 0 Å². The summed E-state index contributed by atoms with van der Waals surface area (Å²) < 4.78 is 8.14. The van der Waals surface area contributed by atoms with E-state index in [0.717, 1.165) is 56.4 Å². The van der Waals surface area contributed by atoms with Gasteiger partial charge in [-0.15, -0.1) is 0 Å². The van der Waals surface area contributed by atoms with Crippen LogP contribution in [0.1, 0.15) is 42.9 Å². The van der Waals surface area contributed by atoms with Crippen molar-refractivity contribution < 1.29 is 9.66 Å². The lowest BCUT2D eigenvalue weighted by Crippen LogP contribution is -2.38. The molecule has 39 heavy (non-hydrogen) atoms. The third-order valence-corrected chi connectivity index (χ3v) is 7.37. The van der Waals surface area contributed by atoms with Gasteiger partial charge in [0.25, 0.3) is 11.2 Å². The molecular weight excluding hydrogens is 496 g/mol. The lowest BCUT2D eigenvalue weighted by Gasteiger charge is -2.34. The number of nitro benzene ring substituents is 1. The number of hydrogen-bond acceptors (Lipinski definition) is 6. The SMILES string of the molecule is O=c1[nH]c(=O)n(CCCCN2CCC(OC(c3ccccc3)c3ccccc3)CC2)c2ccc([N+](=O)[O-])cc12. The number of aromatic amines is 1. The molecule has 3 aromatic carbocycles. The number of aryl methyl sites for hydroxylation is 1. The van der Waals surface area contributed by atoms with Crippen molar-refractivity contribution in [3.63, 3.8) is 0 Å². The Hall–Kier alpha value is -4.08. The molecule has 0 aliphatic carbocycles. The van der Waals surface area contributed by atoms with E-state index < -0.39 is 16.2 Å². The van der Waals surface area contributed by atoms with Gasteiger partial charge in [-0.3, -0.25) is 24.5 Å². The van der Waals surface area contributed by atoms with Crippen LogP contribution in [0.2, 0.25) is 0 Å². The molecule has 0 amide bonds. The molecule has 9 heteroatoms. The first kappa shape index (κ1) is 26.5. The van der Waals surface area contributed by atoms with E-state index in [-0.39, 0.29) is 23.3 Å². The Morgan fingerprint density at radius 3 is 2.13 bits per heavy atom. The zero-order valence-corrected chi connectivity index (χ0v) is 21.7. The Morgan fingerprint density at radius 1 is 0.897 bits per heavy atom.